The van der Waals surface area contributed by atoms with E-state index >= 15 is 0 Å². The number of nitrogens with one attached hydrogen (secondary N) is 1. The van der Waals surface area contributed by atoms with E-state index in [2.05, 4.69) is 19.3 Å². The zero-order valence-corrected chi connectivity index (χ0v) is 9.88. The Kier molecular flexibility index (Phi) is 9.35. The second kappa shape index (κ2) is 9.44. The second-order valence-corrected chi connectivity index (χ2v) is 3.88. The maximum Gasteiger partial charge on any atom is 0.0466 e. The number of nitrogens with two attached hydrogens (primary N) is 1. The van der Waals surface area contributed by atoms with Crippen LogP contribution in [0.5, 0.6) is 0 Å². The topological polar surface area (TPSA) is 47.3 Å². The van der Waals surface area contributed by atoms with Crippen LogP contribution in [0.3, 0.4) is 0 Å². The van der Waals surface area contributed by atoms with Crippen molar-refractivity contribution in [3.63, 3.8) is 0 Å². The number of hydrogen-bond acceptors (Lipinski definition) is 3. The van der Waals surface area contributed by atoms with Gasteiger partial charge in [-0.2, -0.15) is 0 Å². The highest BCUT2D eigenvalue weighted by Crippen LogP contribution is 2.14. The minimum Gasteiger partial charge on any atom is -0.382 e. The molecule has 3 heteroatoms. The Balaban J connectivity index is 3.56. The van der Waals surface area contributed by atoms with Crippen molar-refractivity contribution in [3.8, 4) is 0 Å². The molecule has 0 amide bonds. The SMILES string of the molecule is CCCC(C)C(CCCOCC)NN. The minimum absolute atomic E-state index is 0.440. The van der Waals surface area contributed by atoms with Gasteiger partial charge in [-0.25, -0.2) is 0 Å². The van der Waals surface area contributed by atoms with Gasteiger partial charge in [-0.15, -0.1) is 0 Å². The van der Waals surface area contributed by atoms with Crippen LogP contribution in [0.25, 0.3) is 0 Å². The molecule has 3 nitrogen and oxygen atoms in total. The summed E-state index contributed by atoms with van der Waals surface area (Å²) in [7, 11) is 0. The normalized spacial score (nSPS) is 15.4. The average molecular weight is 202 g/mol. The van der Waals surface area contributed by atoms with Gasteiger partial charge in [-0.1, -0.05) is 20.3 Å². The Morgan fingerprint density at radius 3 is 2.50 bits per heavy atom. The number of hydrazine groups is 1. The Bertz CT molecular complexity index is 120. The van der Waals surface area contributed by atoms with Crippen LogP contribution < -0.4 is 11.3 Å². The summed E-state index contributed by atoms with van der Waals surface area (Å²) in [4.78, 5) is 0. The quantitative estimate of drug-likeness (QED) is 0.342. The first-order valence-electron chi connectivity index (χ1n) is 5.80. The predicted octanol–water partition coefficient (Wildman–Crippen LogP) is 2.07. The molecule has 0 spiro atoms. The van der Waals surface area contributed by atoms with Crippen molar-refractivity contribution in [1.29, 1.82) is 0 Å². The third-order valence-corrected chi connectivity index (χ3v) is 2.65. The molecule has 0 rings (SSSR count). The van der Waals surface area contributed by atoms with Gasteiger partial charge in [0.15, 0.2) is 0 Å². The maximum atomic E-state index is 5.53. The fourth-order valence-electron chi connectivity index (χ4n) is 1.74. The van der Waals surface area contributed by atoms with Gasteiger partial charge in [0.1, 0.15) is 0 Å². The summed E-state index contributed by atoms with van der Waals surface area (Å²) in [6.45, 7) is 8.16. The zero-order chi connectivity index (χ0) is 10.8. The maximum absolute atomic E-state index is 5.53. The first kappa shape index (κ1) is 13.9. The molecule has 0 aromatic heterocycles. The molecule has 0 aliphatic rings. The molecule has 0 heterocycles. The molecular weight excluding hydrogens is 176 g/mol. The molecule has 0 bridgehead atoms. The summed E-state index contributed by atoms with van der Waals surface area (Å²) in [5.41, 5.74) is 2.91. The van der Waals surface area contributed by atoms with Gasteiger partial charge in [0.2, 0.25) is 0 Å². The molecule has 0 fully saturated rings. The summed E-state index contributed by atoms with van der Waals surface area (Å²) in [6.07, 6.45) is 4.67. The van der Waals surface area contributed by atoms with E-state index < -0.39 is 0 Å². The Morgan fingerprint density at radius 2 is 2.00 bits per heavy atom. The van der Waals surface area contributed by atoms with E-state index in [0.717, 1.165) is 26.1 Å². The lowest BCUT2D eigenvalue weighted by molar-refractivity contribution is 0.138. The van der Waals surface area contributed by atoms with Crippen LogP contribution in [0.2, 0.25) is 0 Å². The van der Waals surface area contributed by atoms with Crippen LogP contribution in [0.4, 0.5) is 0 Å². The first-order valence-corrected chi connectivity index (χ1v) is 5.80. The zero-order valence-electron chi connectivity index (χ0n) is 9.88. The lowest BCUT2D eigenvalue weighted by Gasteiger charge is -2.22. The van der Waals surface area contributed by atoms with E-state index in [9.17, 15) is 0 Å². The molecule has 86 valence electrons. The van der Waals surface area contributed by atoms with E-state index in [-0.39, 0.29) is 0 Å². The predicted molar refractivity (Wildman–Crippen MR) is 60.9 cm³/mol. The Labute approximate surface area is 88.4 Å². The van der Waals surface area contributed by atoms with Crippen LogP contribution in [0, 0.1) is 5.92 Å². The fraction of sp³-hybridized carbons (Fsp3) is 1.00. The summed E-state index contributed by atoms with van der Waals surface area (Å²) >= 11 is 0. The van der Waals surface area contributed by atoms with Gasteiger partial charge in [0, 0.05) is 19.3 Å². The van der Waals surface area contributed by atoms with Crippen molar-refractivity contribution in [1.82, 2.24) is 5.43 Å². The third kappa shape index (κ3) is 6.35. The molecule has 0 aliphatic heterocycles. The standard InChI is InChI=1S/C11H26N2O/c1-4-7-10(3)11(13-12)8-6-9-14-5-2/h10-11,13H,4-9,12H2,1-3H3. The smallest absolute Gasteiger partial charge is 0.0466 e. The molecule has 0 radical (unpaired) electrons. The summed E-state index contributed by atoms with van der Waals surface area (Å²) in [5.74, 6) is 6.19. The molecule has 3 N–H and O–H groups in total. The largest absolute Gasteiger partial charge is 0.382 e. The van der Waals surface area contributed by atoms with Gasteiger partial charge >= 0.3 is 0 Å². The lowest BCUT2D eigenvalue weighted by Crippen LogP contribution is -2.40. The molecule has 0 saturated heterocycles. The first-order chi connectivity index (χ1) is 6.76. The van der Waals surface area contributed by atoms with E-state index in [1.165, 1.54) is 12.8 Å². The molecular formula is C11H26N2O. The highest BCUT2D eigenvalue weighted by molar-refractivity contribution is 4.70. The van der Waals surface area contributed by atoms with Crippen LogP contribution in [0.15, 0.2) is 0 Å². The molecule has 0 aromatic rings. The molecule has 0 saturated carbocycles. The van der Waals surface area contributed by atoms with Crippen molar-refractivity contribution in [2.75, 3.05) is 13.2 Å². The monoisotopic (exact) mass is 202 g/mol. The van der Waals surface area contributed by atoms with Gasteiger partial charge in [0.05, 0.1) is 0 Å². The van der Waals surface area contributed by atoms with E-state index in [1.54, 1.807) is 0 Å². The highest BCUT2D eigenvalue weighted by atomic mass is 16.5. The average Bonchev–Trinajstić information content (AvgIpc) is 2.18. The fourth-order valence-corrected chi connectivity index (χ4v) is 1.74. The number of hydrogen-bond donors (Lipinski definition) is 2. The van der Waals surface area contributed by atoms with Crippen LogP contribution in [-0.4, -0.2) is 19.3 Å². The molecule has 0 aromatic carbocycles. The van der Waals surface area contributed by atoms with Gasteiger partial charge in [0.25, 0.3) is 0 Å². The van der Waals surface area contributed by atoms with E-state index in [0.29, 0.717) is 12.0 Å². The minimum atomic E-state index is 0.440. The van der Waals surface area contributed by atoms with Gasteiger partial charge in [-0.3, -0.25) is 11.3 Å². The van der Waals surface area contributed by atoms with Gasteiger partial charge in [-0.05, 0) is 32.1 Å². The summed E-state index contributed by atoms with van der Waals surface area (Å²) in [6, 6.07) is 0.440. The Morgan fingerprint density at radius 1 is 1.29 bits per heavy atom. The van der Waals surface area contributed by atoms with Crippen molar-refractivity contribution >= 4 is 0 Å². The van der Waals surface area contributed by atoms with E-state index in [4.69, 9.17) is 10.6 Å². The second-order valence-electron chi connectivity index (χ2n) is 3.88. The van der Waals surface area contributed by atoms with Crippen molar-refractivity contribution in [2.45, 2.75) is 52.5 Å². The van der Waals surface area contributed by atoms with Crippen molar-refractivity contribution < 1.29 is 4.74 Å². The van der Waals surface area contributed by atoms with E-state index in [1.807, 2.05) is 6.92 Å². The number of rotatable bonds is 9. The molecule has 2 atom stereocenters. The molecule has 0 aliphatic carbocycles. The summed E-state index contributed by atoms with van der Waals surface area (Å²) in [5, 5.41) is 0. The van der Waals surface area contributed by atoms with Crippen LogP contribution in [0.1, 0.15) is 46.5 Å². The van der Waals surface area contributed by atoms with Crippen molar-refractivity contribution in [2.24, 2.45) is 11.8 Å². The van der Waals surface area contributed by atoms with Gasteiger partial charge < -0.3 is 4.74 Å². The molecule has 14 heavy (non-hydrogen) atoms. The van der Waals surface area contributed by atoms with Crippen LogP contribution >= 0.6 is 0 Å². The molecule has 2 unspecified atom stereocenters. The summed E-state index contributed by atoms with van der Waals surface area (Å²) < 4.78 is 5.30. The lowest BCUT2D eigenvalue weighted by atomic mass is 9.94. The van der Waals surface area contributed by atoms with Crippen molar-refractivity contribution in [3.05, 3.63) is 0 Å². The third-order valence-electron chi connectivity index (χ3n) is 2.65. The Hall–Kier alpha value is -0.120. The highest BCUT2D eigenvalue weighted by Gasteiger charge is 2.13. The number of ether oxygens (including phenoxy) is 1. The van der Waals surface area contributed by atoms with Crippen LogP contribution in [-0.2, 0) is 4.74 Å².